The highest BCUT2D eigenvalue weighted by atomic mass is 16.6. The van der Waals surface area contributed by atoms with E-state index in [9.17, 15) is 4.79 Å². The molecule has 2 aliphatic rings. The van der Waals surface area contributed by atoms with Gasteiger partial charge in [0.2, 0.25) is 0 Å². The van der Waals surface area contributed by atoms with E-state index < -0.39 is 0 Å². The maximum Gasteiger partial charge on any atom is 0.289 e. The predicted octanol–water partition coefficient (Wildman–Crippen LogP) is 0.0282. The van der Waals surface area contributed by atoms with Crippen molar-refractivity contribution in [2.75, 3.05) is 59.6 Å². The van der Waals surface area contributed by atoms with E-state index in [1.165, 1.54) is 6.26 Å². The lowest BCUT2D eigenvalue weighted by Crippen LogP contribution is -2.55. The number of hydrogen-bond acceptors (Lipinski definition) is 5. The lowest BCUT2D eigenvalue weighted by Gasteiger charge is -2.36. The molecule has 3 rings (SSSR count). The van der Waals surface area contributed by atoms with Gasteiger partial charge in [-0.25, -0.2) is 0 Å². The number of nitrogens with one attached hydrogen (secondary N) is 1. The molecule has 2 saturated heterocycles. The molecule has 0 saturated carbocycles. The van der Waals surface area contributed by atoms with Gasteiger partial charge in [0.05, 0.1) is 32.2 Å². The Morgan fingerprint density at radius 1 is 1.29 bits per heavy atom. The van der Waals surface area contributed by atoms with Crippen molar-refractivity contribution in [3.63, 3.8) is 0 Å². The van der Waals surface area contributed by atoms with Crippen molar-refractivity contribution in [1.82, 2.24) is 15.1 Å². The molecule has 132 valence electrons. The molecule has 1 unspecified atom stereocenters. The Hall–Kier alpha value is -2.06. The fourth-order valence-electron chi connectivity index (χ4n) is 2.87. The van der Waals surface area contributed by atoms with Gasteiger partial charge in [0, 0.05) is 39.8 Å². The Morgan fingerprint density at radius 2 is 2.08 bits per heavy atom. The van der Waals surface area contributed by atoms with Crippen LogP contribution in [0.1, 0.15) is 10.6 Å². The molecule has 1 aromatic heterocycles. The smallest absolute Gasteiger partial charge is 0.289 e. The molecule has 1 aromatic rings. The number of ether oxygens (including phenoxy) is 2. The number of furan rings is 1. The van der Waals surface area contributed by atoms with Crippen LogP contribution in [0.25, 0.3) is 0 Å². The van der Waals surface area contributed by atoms with Crippen LogP contribution in [0.2, 0.25) is 0 Å². The summed E-state index contributed by atoms with van der Waals surface area (Å²) in [5, 5.41) is 3.33. The summed E-state index contributed by atoms with van der Waals surface area (Å²) >= 11 is 0. The van der Waals surface area contributed by atoms with Crippen molar-refractivity contribution in [3.8, 4) is 0 Å². The molecule has 0 bridgehead atoms. The number of nitrogens with zero attached hydrogens (tertiary/aromatic N) is 3. The molecular weight excluding hydrogens is 312 g/mol. The third kappa shape index (κ3) is 4.07. The zero-order valence-corrected chi connectivity index (χ0v) is 13.9. The predicted molar refractivity (Wildman–Crippen MR) is 88.1 cm³/mol. The molecule has 24 heavy (non-hydrogen) atoms. The second-order valence-electron chi connectivity index (χ2n) is 5.75. The molecule has 0 spiro atoms. The van der Waals surface area contributed by atoms with E-state index in [1.54, 1.807) is 24.1 Å². The number of rotatable bonds is 3. The van der Waals surface area contributed by atoms with Gasteiger partial charge < -0.3 is 29.0 Å². The number of hydrogen-bond donors (Lipinski definition) is 1. The van der Waals surface area contributed by atoms with Gasteiger partial charge >= 0.3 is 0 Å². The first-order valence-electron chi connectivity index (χ1n) is 8.25. The van der Waals surface area contributed by atoms with E-state index in [0.29, 0.717) is 45.2 Å². The highest BCUT2D eigenvalue weighted by Gasteiger charge is 2.25. The van der Waals surface area contributed by atoms with E-state index >= 15 is 0 Å². The van der Waals surface area contributed by atoms with Crippen LogP contribution in [-0.4, -0.2) is 87.4 Å². The van der Waals surface area contributed by atoms with Gasteiger partial charge in [0.1, 0.15) is 0 Å². The van der Waals surface area contributed by atoms with Gasteiger partial charge in [-0.2, -0.15) is 0 Å². The maximum atomic E-state index is 12.3. The van der Waals surface area contributed by atoms with E-state index in [2.05, 4.69) is 15.2 Å². The average molecular weight is 336 g/mol. The van der Waals surface area contributed by atoms with Gasteiger partial charge in [-0.15, -0.1) is 0 Å². The molecule has 3 heterocycles. The molecule has 2 aliphatic heterocycles. The quantitative estimate of drug-likeness (QED) is 0.620. The van der Waals surface area contributed by atoms with Crippen LogP contribution >= 0.6 is 0 Å². The molecule has 1 amide bonds. The second-order valence-corrected chi connectivity index (χ2v) is 5.75. The first-order chi connectivity index (χ1) is 11.8. The second kappa shape index (κ2) is 8.16. The molecule has 1 N–H and O–H groups in total. The summed E-state index contributed by atoms with van der Waals surface area (Å²) in [5.41, 5.74) is 0. The normalized spacial score (nSPS) is 22.5. The minimum absolute atomic E-state index is 0.0531. The molecule has 2 fully saturated rings. The Kier molecular flexibility index (Phi) is 5.71. The first-order valence-corrected chi connectivity index (χ1v) is 8.25. The summed E-state index contributed by atoms with van der Waals surface area (Å²) in [6.07, 6.45) is 1.57. The van der Waals surface area contributed by atoms with E-state index in [0.717, 1.165) is 19.0 Å². The molecular formula is C16H24N4O4. The van der Waals surface area contributed by atoms with Crippen molar-refractivity contribution in [2.24, 2.45) is 4.99 Å². The van der Waals surface area contributed by atoms with Crippen LogP contribution in [0.5, 0.6) is 0 Å². The van der Waals surface area contributed by atoms with Crippen molar-refractivity contribution in [2.45, 2.75) is 6.10 Å². The SMILES string of the molecule is CN=C(NCC1COCCO1)N1CCN(C(=O)c2ccco2)CC1. The maximum absolute atomic E-state index is 12.3. The summed E-state index contributed by atoms with van der Waals surface area (Å²) < 4.78 is 16.2. The van der Waals surface area contributed by atoms with Crippen LogP contribution in [0.4, 0.5) is 0 Å². The summed E-state index contributed by atoms with van der Waals surface area (Å²) in [5.74, 6) is 1.16. The summed E-state index contributed by atoms with van der Waals surface area (Å²) in [6, 6.07) is 3.42. The number of amides is 1. The number of carbonyl (C=O) groups excluding carboxylic acids is 1. The minimum Gasteiger partial charge on any atom is -0.459 e. The summed E-state index contributed by atoms with van der Waals surface area (Å²) in [4.78, 5) is 20.6. The van der Waals surface area contributed by atoms with E-state index in [4.69, 9.17) is 13.9 Å². The lowest BCUT2D eigenvalue weighted by molar-refractivity contribution is -0.0851. The van der Waals surface area contributed by atoms with Gasteiger partial charge in [0.25, 0.3) is 5.91 Å². The topological polar surface area (TPSA) is 79.5 Å². The third-order valence-electron chi connectivity index (χ3n) is 4.18. The molecule has 0 radical (unpaired) electrons. The molecule has 1 atom stereocenters. The number of carbonyl (C=O) groups is 1. The zero-order chi connectivity index (χ0) is 16.8. The zero-order valence-electron chi connectivity index (χ0n) is 13.9. The minimum atomic E-state index is -0.0599. The Morgan fingerprint density at radius 3 is 2.71 bits per heavy atom. The summed E-state index contributed by atoms with van der Waals surface area (Å²) in [7, 11) is 1.76. The number of guanidine groups is 1. The van der Waals surface area contributed by atoms with Gasteiger partial charge in [-0.3, -0.25) is 9.79 Å². The van der Waals surface area contributed by atoms with Gasteiger partial charge in [0.15, 0.2) is 11.7 Å². The highest BCUT2D eigenvalue weighted by Crippen LogP contribution is 2.09. The van der Waals surface area contributed by atoms with Crippen molar-refractivity contribution in [1.29, 1.82) is 0 Å². The van der Waals surface area contributed by atoms with Crippen molar-refractivity contribution in [3.05, 3.63) is 24.2 Å². The van der Waals surface area contributed by atoms with Crippen LogP contribution < -0.4 is 5.32 Å². The first kappa shape index (κ1) is 16.8. The van der Waals surface area contributed by atoms with E-state index in [-0.39, 0.29) is 12.0 Å². The number of aliphatic imine (C=N–C) groups is 1. The lowest BCUT2D eigenvalue weighted by atomic mass is 10.3. The van der Waals surface area contributed by atoms with Gasteiger partial charge in [-0.1, -0.05) is 0 Å². The molecule has 0 aliphatic carbocycles. The van der Waals surface area contributed by atoms with Crippen LogP contribution in [0, 0.1) is 0 Å². The Balaban J connectivity index is 1.46. The Labute approximate surface area is 141 Å². The monoisotopic (exact) mass is 336 g/mol. The highest BCUT2D eigenvalue weighted by molar-refractivity contribution is 5.91. The van der Waals surface area contributed by atoms with E-state index in [1.807, 2.05) is 0 Å². The van der Waals surface area contributed by atoms with Crippen molar-refractivity contribution >= 4 is 11.9 Å². The molecule has 8 nitrogen and oxygen atoms in total. The standard InChI is InChI=1S/C16H24N4O4/c1-17-16(18-11-13-12-22-9-10-23-13)20-6-4-19(5-7-20)15(21)14-3-2-8-24-14/h2-3,8,13H,4-7,9-12H2,1H3,(H,17,18). The fourth-order valence-corrected chi connectivity index (χ4v) is 2.87. The van der Waals surface area contributed by atoms with Crippen LogP contribution in [0.3, 0.4) is 0 Å². The molecule has 8 heteroatoms. The largest absolute Gasteiger partial charge is 0.459 e. The Bertz CT molecular complexity index is 546. The number of piperazine rings is 1. The van der Waals surface area contributed by atoms with Crippen LogP contribution in [0.15, 0.2) is 27.8 Å². The summed E-state index contributed by atoms with van der Waals surface area (Å²) in [6.45, 7) is 5.32. The average Bonchev–Trinajstić information content (AvgIpc) is 3.18. The third-order valence-corrected chi connectivity index (χ3v) is 4.18. The van der Waals surface area contributed by atoms with Gasteiger partial charge in [-0.05, 0) is 12.1 Å². The fraction of sp³-hybridized carbons (Fsp3) is 0.625. The molecule has 0 aromatic carbocycles. The van der Waals surface area contributed by atoms with Crippen LogP contribution in [-0.2, 0) is 9.47 Å². The van der Waals surface area contributed by atoms with Crippen molar-refractivity contribution < 1.29 is 18.7 Å².